The molecule has 1 atom stereocenters. The quantitative estimate of drug-likeness (QED) is 0.258. The molecule has 0 aliphatic carbocycles. The standard InChI is InChI=1S/C28H23ClF2N10/c1-17(2)24-9-18(7-8-32-24)20-11-36-40(13-20)26(15-39-14-21(30)12-35-39)23-5-3-19(10-33-23)27-25(41-16-34-37-38-41)6-4-22(29)28(27)31/h3-14,16-17,26H,15H2,1-2H3/p+1. The summed E-state index contributed by atoms with van der Waals surface area (Å²) >= 11 is 6.13. The summed E-state index contributed by atoms with van der Waals surface area (Å²) in [5.41, 5.74) is 4.68. The zero-order valence-corrected chi connectivity index (χ0v) is 22.8. The molecule has 0 radical (unpaired) electrons. The Morgan fingerprint density at radius 2 is 1.80 bits per heavy atom. The summed E-state index contributed by atoms with van der Waals surface area (Å²) in [6.45, 7) is 4.44. The first kappa shape index (κ1) is 26.4. The Bertz CT molecular complexity index is 1800. The van der Waals surface area contributed by atoms with Crippen LogP contribution in [0, 0.1) is 11.6 Å². The Balaban J connectivity index is 1.38. The van der Waals surface area contributed by atoms with Gasteiger partial charge >= 0.3 is 0 Å². The number of tetrazole rings is 1. The summed E-state index contributed by atoms with van der Waals surface area (Å²) in [6, 6.07) is 10.2. The number of rotatable bonds is 8. The Morgan fingerprint density at radius 3 is 2.51 bits per heavy atom. The summed E-state index contributed by atoms with van der Waals surface area (Å²) in [4.78, 5) is 9.13. The van der Waals surface area contributed by atoms with Gasteiger partial charge in [-0.05, 0) is 41.8 Å². The van der Waals surface area contributed by atoms with Crippen molar-refractivity contribution < 1.29 is 13.5 Å². The van der Waals surface area contributed by atoms with E-state index in [0.717, 1.165) is 23.0 Å². The van der Waals surface area contributed by atoms with Crippen LogP contribution in [0.4, 0.5) is 8.78 Å². The van der Waals surface area contributed by atoms with Crippen LogP contribution in [0.5, 0.6) is 0 Å². The van der Waals surface area contributed by atoms with Crippen LogP contribution in [-0.4, -0.2) is 45.1 Å². The Hall–Kier alpha value is -4.84. The molecule has 41 heavy (non-hydrogen) atoms. The minimum Gasteiger partial charge on any atom is -0.267 e. The van der Waals surface area contributed by atoms with E-state index >= 15 is 4.39 Å². The molecule has 5 aromatic heterocycles. The predicted molar refractivity (Wildman–Crippen MR) is 146 cm³/mol. The normalized spacial score (nSPS) is 12.2. The Kier molecular flexibility index (Phi) is 7.06. The van der Waals surface area contributed by atoms with Gasteiger partial charge in [0, 0.05) is 35.4 Å². The number of aromatic nitrogens is 10. The largest absolute Gasteiger partial charge is 0.293 e. The molecular weight excluding hydrogens is 550 g/mol. The fourth-order valence-electron chi connectivity index (χ4n) is 4.59. The number of nitrogens with zero attached hydrogens (tertiary/aromatic N) is 9. The number of pyridine rings is 2. The minimum absolute atomic E-state index is 0.0275. The molecule has 0 spiro atoms. The summed E-state index contributed by atoms with van der Waals surface area (Å²) in [5.74, 6) is -0.761. The van der Waals surface area contributed by atoms with Crippen LogP contribution in [0.1, 0.15) is 37.2 Å². The highest BCUT2D eigenvalue weighted by Gasteiger charge is 2.22. The van der Waals surface area contributed by atoms with E-state index < -0.39 is 17.7 Å². The molecule has 0 amide bonds. The topological polar surface area (TPSA) is 107 Å². The fraction of sp³-hybridized carbons (Fsp3) is 0.179. The van der Waals surface area contributed by atoms with E-state index in [1.807, 2.05) is 18.3 Å². The molecule has 10 nitrogen and oxygen atoms in total. The lowest BCUT2D eigenvalue weighted by molar-refractivity contribution is -0.659. The average Bonchev–Trinajstić information content (AvgIpc) is 3.76. The van der Waals surface area contributed by atoms with Gasteiger partial charge in [-0.15, -0.1) is 4.68 Å². The maximum atomic E-state index is 15.3. The van der Waals surface area contributed by atoms with Gasteiger partial charge in [-0.3, -0.25) is 19.3 Å². The van der Waals surface area contributed by atoms with Crippen molar-refractivity contribution in [1.29, 1.82) is 0 Å². The number of hydrogen-bond acceptors (Lipinski definition) is 6. The van der Waals surface area contributed by atoms with Crippen LogP contribution < -0.4 is 4.68 Å². The van der Waals surface area contributed by atoms with Gasteiger partial charge in [-0.25, -0.2) is 8.78 Å². The van der Waals surface area contributed by atoms with E-state index in [1.165, 1.54) is 28.0 Å². The van der Waals surface area contributed by atoms with Crippen LogP contribution in [0.15, 0.2) is 79.9 Å². The van der Waals surface area contributed by atoms with E-state index in [1.54, 1.807) is 41.5 Å². The molecule has 0 aliphatic heterocycles. The lowest BCUT2D eigenvalue weighted by Crippen LogP contribution is -2.33. The fourth-order valence-corrected chi connectivity index (χ4v) is 4.75. The van der Waals surface area contributed by atoms with Crippen LogP contribution in [0.2, 0.25) is 5.02 Å². The number of H-pyrrole nitrogens is 1. The van der Waals surface area contributed by atoms with Crippen LogP contribution in [-0.2, 0) is 6.54 Å². The van der Waals surface area contributed by atoms with Crippen molar-refractivity contribution in [1.82, 2.24) is 45.1 Å². The molecule has 0 fully saturated rings. The highest BCUT2D eigenvalue weighted by molar-refractivity contribution is 6.31. The lowest BCUT2D eigenvalue weighted by Gasteiger charge is -2.18. The van der Waals surface area contributed by atoms with Gasteiger partial charge < -0.3 is 0 Å². The maximum Gasteiger partial charge on any atom is 0.293 e. The molecule has 6 rings (SSSR count). The summed E-state index contributed by atoms with van der Waals surface area (Å²) < 4.78 is 33.8. The molecule has 1 aromatic carbocycles. The maximum absolute atomic E-state index is 15.3. The highest BCUT2D eigenvalue weighted by atomic mass is 35.5. The van der Waals surface area contributed by atoms with E-state index in [0.29, 0.717) is 16.9 Å². The molecular formula is C28H24ClF2N10+. The van der Waals surface area contributed by atoms with Crippen molar-refractivity contribution >= 4 is 11.6 Å². The molecule has 6 aromatic rings. The molecule has 0 aliphatic rings. The molecule has 0 saturated heterocycles. The number of hydrogen-bond donors (Lipinski definition) is 1. The number of aromatic amines is 1. The van der Waals surface area contributed by atoms with Crippen LogP contribution >= 0.6 is 11.6 Å². The molecule has 0 saturated carbocycles. The van der Waals surface area contributed by atoms with Crippen LogP contribution in [0.25, 0.3) is 27.9 Å². The smallest absolute Gasteiger partial charge is 0.267 e. The highest BCUT2D eigenvalue weighted by Crippen LogP contribution is 2.32. The average molecular weight is 574 g/mol. The number of halogens is 3. The van der Waals surface area contributed by atoms with Gasteiger partial charge in [-0.2, -0.15) is 10.2 Å². The van der Waals surface area contributed by atoms with Gasteiger partial charge in [0.15, 0.2) is 16.8 Å². The van der Waals surface area contributed by atoms with Gasteiger partial charge in [-0.1, -0.05) is 36.7 Å². The monoisotopic (exact) mass is 573 g/mol. The van der Waals surface area contributed by atoms with Crippen molar-refractivity contribution in [3.63, 3.8) is 0 Å². The van der Waals surface area contributed by atoms with Gasteiger partial charge in [0.1, 0.15) is 16.8 Å². The Morgan fingerprint density at radius 1 is 0.927 bits per heavy atom. The van der Waals surface area contributed by atoms with Crippen LogP contribution in [0.3, 0.4) is 0 Å². The SMILES string of the molecule is CC(C)c1cc(-c2cnn(C(Cn3cc(F)cn3)c3ccc(-c4c(-[n+]5cnn[nH]5)ccc(Cl)c4F)cn3)c2)ccn1. The molecule has 5 heterocycles. The van der Waals surface area contributed by atoms with Crippen molar-refractivity contribution in [2.45, 2.75) is 32.4 Å². The van der Waals surface area contributed by atoms with Gasteiger partial charge in [0.25, 0.3) is 6.33 Å². The first-order valence-corrected chi connectivity index (χ1v) is 13.2. The molecule has 0 bridgehead atoms. The zero-order valence-electron chi connectivity index (χ0n) is 22.0. The molecule has 206 valence electrons. The van der Waals surface area contributed by atoms with Crippen molar-refractivity contribution in [2.75, 3.05) is 0 Å². The molecule has 1 N–H and O–H groups in total. The zero-order chi connectivity index (χ0) is 28.5. The predicted octanol–water partition coefficient (Wildman–Crippen LogP) is 4.94. The minimum atomic E-state index is -0.598. The summed E-state index contributed by atoms with van der Waals surface area (Å²) in [5, 5.41) is 18.9. The first-order valence-electron chi connectivity index (χ1n) is 12.8. The van der Waals surface area contributed by atoms with E-state index in [-0.39, 0.29) is 23.0 Å². The van der Waals surface area contributed by atoms with Crippen molar-refractivity contribution in [2.24, 2.45) is 0 Å². The number of benzene rings is 1. The molecule has 13 heteroatoms. The second-order valence-electron chi connectivity index (χ2n) is 9.76. The third-order valence-electron chi connectivity index (χ3n) is 6.71. The van der Waals surface area contributed by atoms with Crippen molar-refractivity contribution in [3.8, 4) is 27.9 Å². The van der Waals surface area contributed by atoms with E-state index in [9.17, 15) is 4.39 Å². The summed E-state index contributed by atoms with van der Waals surface area (Å²) in [6.07, 6.45) is 10.9. The van der Waals surface area contributed by atoms with E-state index in [4.69, 9.17) is 11.6 Å². The van der Waals surface area contributed by atoms with Crippen molar-refractivity contribution in [3.05, 3.63) is 108 Å². The van der Waals surface area contributed by atoms with Gasteiger partial charge in [0.2, 0.25) is 0 Å². The summed E-state index contributed by atoms with van der Waals surface area (Å²) in [7, 11) is 0. The third kappa shape index (κ3) is 5.33. The van der Waals surface area contributed by atoms with E-state index in [2.05, 4.69) is 49.5 Å². The third-order valence-corrected chi connectivity index (χ3v) is 7.01. The number of nitrogens with one attached hydrogen (secondary N) is 1. The molecule has 1 unspecified atom stereocenters. The second-order valence-corrected chi connectivity index (χ2v) is 10.2. The van der Waals surface area contributed by atoms with Gasteiger partial charge in [0.05, 0.1) is 41.4 Å². The second kappa shape index (κ2) is 11.0. The first-order chi connectivity index (χ1) is 19.9. The Labute approximate surface area is 238 Å². The lowest BCUT2D eigenvalue weighted by atomic mass is 10.0.